The van der Waals surface area contributed by atoms with Crippen molar-refractivity contribution in [2.24, 2.45) is 0 Å². The van der Waals surface area contributed by atoms with Gasteiger partial charge in [0.2, 0.25) is 10.0 Å². The molecule has 1 fully saturated rings. The molecule has 1 amide bonds. The molecule has 212 valence electrons. The maximum Gasteiger partial charge on any atom is 0.256 e. The van der Waals surface area contributed by atoms with E-state index in [1.165, 1.54) is 0 Å². The van der Waals surface area contributed by atoms with Gasteiger partial charge < -0.3 is 15.5 Å². The predicted octanol–water partition coefficient (Wildman–Crippen LogP) is 5.65. The fourth-order valence-electron chi connectivity index (χ4n) is 5.29. The van der Waals surface area contributed by atoms with Crippen molar-refractivity contribution in [3.8, 4) is 11.1 Å². The van der Waals surface area contributed by atoms with Crippen LogP contribution in [0.4, 0.5) is 11.4 Å². The molecule has 0 radical (unpaired) electrons. The molecular formula is C34H32N4O3S. The van der Waals surface area contributed by atoms with Gasteiger partial charge in [0.15, 0.2) is 0 Å². The fourth-order valence-corrected chi connectivity index (χ4v) is 6.31. The van der Waals surface area contributed by atoms with Gasteiger partial charge in [0.1, 0.15) is 0 Å². The summed E-state index contributed by atoms with van der Waals surface area (Å²) in [5.41, 5.74) is 4.90. The minimum atomic E-state index is -3.67. The highest BCUT2D eigenvalue weighted by atomic mass is 32.2. The standard InChI is InChI=1S/C34H32N4O3S/c39-34(31-12-6-10-27-9-4-5-11-30(27)31)37-32-23-28(15-18-33(32)38-21-19-35-20-22-38)26-13-16-29(17-14-26)42(40,41)36-24-25-7-2-1-3-8-25/h1-18,23,35-36H,19-22,24H2,(H,37,39). The van der Waals surface area contributed by atoms with Gasteiger partial charge in [-0.15, -0.1) is 0 Å². The summed E-state index contributed by atoms with van der Waals surface area (Å²) in [5, 5.41) is 8.47. The van der Waals surface area contributed by atoms with Gasteiger partial charge >= 0.3 is 0 Å². The lowest BCUT2D eigenvalue weighted by atomic mass is 10.0. The van der Waals surface area contributed by atoms with Gasteiger partial charge in [0.25, 0.3) is 5.91 Å². The molecule has 42 heavy (non-hydrogen) atoms. The van der Waals surface area contributed by atoms with E-state index in [1.54, 1.807) is 24.3 Å². The average Bonchev–Trinajstić information content (AvgIpc) is 3.04. The quantitative estimate of drug-likeness (QED) is 0.222. The van der Waals surface area contributed by atoms with E-state index in [1.807, 2.05) is 91.0 Å². The van der Waals surface area contributed by atoms with E-state index in [9.17, 15) is 13.2 Å². The van der Waals surface area contributed by atoms with Crippen molar-refractivity contribution in [3.05, 3.63) is 126 Å². The van der Waals surface area contributed by atoms with E-state index in [-0.39, 0.29) is 17.3 Å². The van der Waals surface area contributed by atoms with Gasteiger partial charge in [-0.25, -0.2) is 13.1 Å². The number of benzene rings is 5. The SMILES string of the molecule is O=C(Nc1cc(-c2ccc(S(=O)(=O)NCc3ccccc3)cc2)ccc1N1CCNCC1)c1cccc2ccccc12. The first-order valence-electron chi connectivity index (χ1n) is 14.0. The summed E-state index contributed by atoms with van der Waals surface area (Å²) >= 11 is 0. The number of fused-ring (bicyclic) bond motifs is 1. The van der Waals surface area contributed by atoms with Crippen molar-refractivity contribution in [2.45, 2.75) is 11.4 Å². The monoisotopic (exact) mass is 576 g/mol. The van der Waals surface area contributed by atoms with E-state index >= 15 is 0 Å². The van der Waals surface area contributed by atoms with Crippen LogP contribution in [0.3, 0.4) is 0 Å². The molecule has 0 aromatic heterocycles. The van der Waals surface area contributed by atoms with E-state index < -0.39 is 10.0 Å². The number of sulfonamides is 1. The number of carbonyl (C=O) groups excluding carboxylic acids is 1. The zero-order valence-corrected chi connectivity index (χ0v) is 23.9. The third-order valence-corrected chi connectivity index (χ3v) is 8.96. The molecule has 1 aliphatic heterocycles. The third kappa shape index (κ3) is 6.06. The molecule has 5 aromatic carbocycles. The molecule has 1 heterocycles. The molecule has 0 unspecified atom stereocenters. The molecule has 0 aliphatic carbocycles. The molecule has 5 aromatic rings. The number of amides is 1. The zero-order chi connectivity index (χ0) is 28.9. The second kappa shape index (κ2) is 12.2. The van der Waals surface area contributed by atoms with Crippen LogP contribution in [-0.2, 0) is 16.6 Å². The van der Waals surface area contributed by atoms with Gasteiger partial charge in [-0.2, -0.15) is 0 Å². The van der Waals surface area contributed by atoms with Gasteiger partial charge in [0.05, 0.1) is 16.3 Å². The summed E-state index contributed by atoms with van der Waals surface area (Å²) < 4.78 is 28.5. The highest BCUT2D eigenvalue weighted by Gasteiger charge is 2.19. The molecule has 3 N–H and O–H groups in total. The summed E-state index contributed by atoms with van der Waals surface area (Å²) in [6, 6.07) is 35.9. The van der Waals surface area contributed by atoms with Crippen LogP contribution in [0.25, 0.3) is 21.9 Å². The largest absolute Gasteiger partial charge is 0.367 e. The van der Waals surface area contributed by atoms with E-state index in [4.69, 9.17) is 0 Å². The molecular weight excluding hydrogens is 544 g/mol. The number of hydrogen-bond acceptors (Lipinski definition) is 5. The minimum absolute atomic E-state index is 0.175. The van der Waals surface area contributed by atoms with Crippen LogP contribution >= 0.6 is 0 Å². The van der Waals surface area contributed by atoms with Gasteiger partial charge in [-0.05, 0) is 57.8 Å². The molecule has 1 aliphatic rings. The second-order valence-electron chi connectivity index (χ2n) is 10.3. The Kier molecular flexibility index (Phi) is 8.01. The Bertz CT molecular complexity index is 1810. The maximum atomic E-state index is 13.6. The maximum absolute atomic E-state index is 13.6. The van der Waals surface area contributed by atoms with E-state index in [0.29, 0.717) is 11.3 Å². The van der Waals surface area contributed by atoms with Crippen molar-refractivity contribution >= 4 is 38.1 Å². The Hall–Kier alpha value is -4.50. The van der Waals surface area contributed by atoms with Gasteiger partial charge in [0, 0.05) is 38.3 Å². The Labute approximate surface area is 246 Å². The van der Waals surface area contributed by atoms with Crippen LogP contribution in [0.1, 0.15) is 15.9 Å². The summed E-state index contributed by atoms with van der Waals surface area (Å²) in [6.45, 7) is 3.62. The third-order valence-electron chi connectivity index (χ3n) is 7.54. The predicted molar refractivity (Wildman–Crippen MR) is 169 cm³/mol. The summed E-state index contributed by atoms with van der Waals surface area (Å²) in [5.74, 6) is -0.175. The number of carbonyl (C=O) groups is 1. The normalized spacial score (nSPS) is 13.7. The van der Waals surface area contributed by atoms with Crippen molar-refractivity contribution < 1.29 is 13.2 Å². The molecule has 8 heteroatoms. The molecule has 1 saturated heterocycles. The van der Waals surface area contributed by atoms with Crippen molar-refractivity contribution in [1.82, 2.24) is 10.0 Å². The Balaban J connectivity index is 1.28. The first-order chi connectivity index (χ1) is 20.5. The Morgan fingerprint density at radius 1 is 0.762 bits per heavy atom. The van der Waals surface area contributed by atoms with Gasteiger partial charge in [-0.1, -0.05) is 84.9 Å². The second-order valence-corrected chi connectivity index (χ2v) is 12.1. The highest BCUT2D eigenvalue weighted by Crippen LogP contribution is 2.33. The summed E-state index contributed by atoms with van der Waals surface area (Å²) in [6.07, 6.45) is 0. The minimum Gasteiger partial charge on any atom is -0.367 e. The lowest BCUT2D eigenvalue weighted by Gasteiger charge is -2.31. The molecule has 0 atom stereocenters. The van der Waals surface area contributed by atoms with Crippen LogP contribution in [-0.4, -0.2) is 40.5 Å². The highest BCUT2D eigenvalue weighted by molar-refractivity contribution is 7.89. The number of nitrogens with zero attached hydrogens (tertiary/aromatic N) is 1. The number of nitrogens with one attached hydrogen (secondary N) is 3. The molecule has 6 rings (SSSR count). The number of piperazine rings is 1. The van der Waals surface area contributed by atoms with Gasteiger partial charge in [-0.3, -0.25) is 4.79 Å². The summed E-state index contributed by atoms with van der Waals surface area (Å²) in [7, 11) is -3.67. The average molecular weight is 577 g/mol. The molecule has 0 spiro atoms. The number of rotatable bonds is 8. The lowest BCUT2D eigenvalue weighted by molar-refractivity contribution is 0.102. The van der Waals surface area contributed by atoms with Crippen LogP contribution in [0.2, 0.25) is 0 Å². The Morgan fingerprint density at radius 2 is 1.45 bits per heavy atom. The fraction of sp³-hybridized carbons (Fsp3) is 0.147. The number of hydrogen-bond donors (Lipinski definition) is 3. The topological polar surface area (TPSA) is 90.5 Å². The van der Waals surface area contributed by atoms with E-state index in [2.05, 4.69) is 20.3 Å². The Morgan fingerprint density at radius 3 is 2.24 bits per heavy atom. The first-order valence-corrected chi connectivity index (χ1v) is 15.5. The van der Waals surface area contributed by atoms with Crippen LogP contribution < -0.4 is 20.3 Å². The molecule has 0 saturated carbocycles. The number of anilines is 2. The first kappa shape index (κ1) is 27.7. The van der Waals surface area contributed by atoms with E-state index in [0.717, 1.165) is 59.3 Å². The van der Waals surface area contributed by atoms with Crippen molar-refractivity contribution in [1.29, 1.82) is 0 Å². The van der Waals surface area contributed by atoms with Crippen LogP contribution in [0, 0.1) is 0 Å². The smallest absolute Gasteiger partial charge is 0.256 e. The van der Waals surface area contributed by atoms with Crippen molar-refractivity contribution in [3.63, 3.8) is 0 Å². The zero-order valence-electron chi connectivity index (χ0n) is 23.1. The lowest BCUT2D eigenvalue weighted by Crippen LogP contribution is -2.43. The van der Waals surface area contributed by atoms with Crippen molar-refractivity contribution in [2.75, 3.05) is 36.4 Å². The van der Waals surface area contributed by atoms with Crippen LogP contribution in [0.15, 0.2) is 120 Å². The van der Waals surface area contributed by atoms with Crippen LogP contribution in [0.5, 0.6) is 0 Å². The molecule has 7 nitrogen and oxygen atoms in total. The summed E-state index contributed by atoms with van der Waals surface area (Å²) in [4.78, 5) is 16.1. The molecule has 0 bridgehead atoms.